The van der Waals surface area contributed by atoms with Gasteiger partial charge in [-0.2, -0.15) is 0 Å². The minimum atomic E-state index is -4.70. The second-order valence-corrected chi connectivity index (χ2v) is 20.8. The van der Waals surface area contributed by atoms with Crippen LogP contribution in [0.3, 0.4) is 0 Å². The van der Waals surface area contributed by atoms with Gasteiger partial charge in [0.15, 0.2) is 0 Å². The lowest BCUT2D eigenvalue weighted by Gasteiger charge is -2.30. The van der Waals surface area contributed by atoms with Crippen LogP contribution >= 0.6 is 7.82 Å². The summed E-state index contributed by atoms with van der Waals surface area (Å²) in [6, 6.07) is -0.921. The molecule has 0 fully saturated rings. The zero-order valence-electron chi connectivity index (χ0n) is 43.2. The largest absolute Gasteiger partial charge is 0.756 e. The summed E-state index contributed by atoms with van der Waals surface area (Å²) in [5, 5.41) is 2.97. The molecule has 1 amide bonds. The number of phosphoric ester groups is 1. The van der Waals surface area contributed by atoms with Gasteiger partial charge in [-0.3, -0.25) is 14.2 Å². The summed E-state index contributed by atoms with van der Waals surface area (Å²) in [5.74, 6) is -0.637. The lowest BCUT2D eigenvalue weighted by atomic mass is 10.0. The molecule has 0 radical (unpaired) electrons. The molecule has 3 atom stereocenters. The monoisotopic (exact) mass is 935 g/mol. The highest BCUT2D eigenvalue weighted by atomic mass is 31.2. The maximum absolute atomic E-state index is 13.4. The first-order valence-corrected chi connectivity index (χ1v) is 28.4. The van der Waals surface area contributed by atoms with E-state index in [4.69, 9.17) is 13.8 Å². The zero-order valence-corrected chi connectivity index (χ0v) is 44.1. The van der Waals surface area contributed by atoms with Crippen molar-refractivity contribution >= 4 is 19.7 Å². The van der Waals surface area contributed by atoms with E-state index in [0.717, 1.165) is 57.8 Å². The van der Waals surface area contributed by atoms with Crippen LogP contribution in [-0.2, 0) is 27.9 Å². The molecule has 0 rings (SSSR count). The fraction of sp³-hybridized carbons (Fsp3) is 0.818. The molecule has 0 aromatic heterocycles. The third-order valence-corrected chi connectivity index (χ3v) is 12.7. The number of ether oxygens (including phenoxy) is 1. The van der Waals surface area contributed by atoms with Crippen LogP contribution in [0.2, 0.25) is 0 Å². The number of carbonyl (C=O) groups is 2. The standard InChI is InChI=1S/C55H103N2O7P/c1-7-10-13-16-19-22-25-28-31-34-37-40-43-46-53(64-55(59)48-45-42-39-36-33-30-27-24-21-18-15-12-9-3)52(51-63-65(60,61)62-50-49-57(4,5)6)56-54(58)47-44-41-38-35-32-29-26-23-20-17-14-11-8-2/h29-30,32-33,38,41,43,46,52-53H,7-28,31,34-37,39-40,42,44-45,47-51H2,1-6H3,(H-,56,58,60,61)/b32-29-,33-30-,41-38+,46-43+. The Bertz CT molecular complexity index is 1260. The number of quaternary nitrogens is 1. The van der Waals surface area contributed by atoms with Crippen molar-refractivity contribution in [1.82, 2.24) is 5.32 Å². The van der Waals surface area contributed by atoms with Gasteiger partial charge in [-0.25, -0.2) is 0 Å². The maximum atomic E-state index is 13.4. The van der Waals surface area contributed by atoms with Crippen LogP contribution in [-0.4, -0.2) is 69.4 Å². The lowest BCUT2D eigenvalue weighted by molar-refractivity contribution is -0.870. The minimum Gasteiger partial charge on any atom is -0.756 e. The van der Waals surface area contributed by atoms with Gasteiger partial charge in [0.2, 0.25) is 5.91 Å². The highest BCUT2D eigenvalue weighted by Gasteiger charge is 2.27. The van der Waals surface area contributed by atoms with E-state index in [2.05, 4.69) is 56.5 Å². The quantitative estimate of drug-likeness (QED) is 0.0212. The van der Waals surface area contributed by atoms with Gasteiger partial charge in [0.25, 0.3) is 7.82 Å². The topological polar surface area (TPSA) is 114 Å². The Labute approximate surface area is 401 Å². The van der Waals surface area contributed by atoms with E-state index >= 15 is 0 Å². The van der Waals surface area contributed by atoms with Crippen molar-refractivity contribution in [3.63, 3.8) is 0 Å². The molecule has 0 aliphatic heterocycles. The molecule has 0 saturated carbocycles. The van der Waals surface area contributed by atoms with Crippen molar-refractivity contribution in [3.05, 3.63) is 48.6 Å². The molecule has 380 valence electrons. The Morgan fingerprint density at radius 3 is 1.43 bits per heavy atom. The Morgan fingerprint density at radius 1 is 0.538 bits per heavy atom. The summed E-state index contributed by atoms with van der Waals surface area (Å²) in [4.78, 5) is 39.6. The van der Waals surface area contributed by atoms with Gasteiger partial charge in [-0.15, -0.1) is 0 Å². The van der Waals surface area contributed by atoms with E-state index in [1.165, 1.54) is 135 Å². The zero-order chi connectivity index (χ0) is 48.0. The molecule has 0 aliphatic carbocycles. The first-order chi connectivity index (χ1) is 31.4. The number of nitrogens with zero attached hydrogens (tertiary/aromatic N) is 1. The van der Waals surface area contributed by atoms with Gasteiger partial charge in [0.1, 0.15) is 19.3 Å². The number of likely N-dealkylation sites (N-methyl/N-ethyl adjacent to an activating group) is 1. The molecule has 0 aromatic carbocycles. The average molecular weight is 935 g/mol. The molecule has 0 spiro atoms. The third kappa shape index (κ3) is 46.9. The predicted octanol–water partition coefficient (Wildman–Crippen LogP) is 15.1. The molecule has 9 nitrogen and oxygen atoms in total. The van der Waals surface area contributed by atoms with Gasteiger partial charge in [-0.05, 0) is 76.7 Å². The molecule has 1 N–H and O–H groups in total. The first-order valence-electron chi connectivity index (χ1n) is 26.9. The number of rotatable bonds is 48. The smallest absolute Gasteiger partial charge is 0.306 e. The summed E-state index contributed by atoms with van der Waals surface area (Å²) in [7, 11) is 1.15. The number of carbonyl (C=O) groups excluding carboxylic acids is 2. The predicted molar refractivity (Wildman–Crippen MR) is 275 cm³/mol. The Balaban J connectivity index is 5.53. The SMILES string of the molecule is CCCCCCCC/C=C\C/C=C/CCC(=O)NC(COP(=O)([O-])OCC[N+](C)(C)C)C(/C=C/CCCCCCCCCCCCC)OC(=O)CCCCC/C=C\CCCCCCCC. The number of hydrogen-bond acceptors (Lipinski definition) is 7. The van der Waals surface area contributed by atoms with Crippen molar-refractivity contribution < 1.29 is 37.3 Å². The van der Waals surface area contributed by atoms with Crippen LogP contribution in [0.5, 0.6) is 0 Å². The lowest BCUT2D eigenvalue weighted by Crippen LogP contribution is -2.47. The van der Waals surface area contributed by atoms with E-state index in [1.807, 2.05) is 39.4 Å². The number of allylic oxidation sites excluding steroid dienone is 7. The number of esters is 1. The van der Waals surface area contributed by atoms with Crippen LogP contribution in [0.1, 0.15) is 239 Å². The Hall–Kier alpha value is -2.03. The molecular formula is C55H103N2O7P. The minimum absolute atomic E-state index is 0.0337. The van der Waals surface area contributed by atoms with Crippen LogP contribution < -0.4 is 10.2 Å². The number of phosphoric acid groups is 1. The number of nitrogens with one attached hydrogen (secondary N) is 1. The van der Waals surface area contributed by atoms with E-state index in [-0.39, 0.29) is 31.3 Å². The molecule has 0 aromatic rings. The van der Waals surface area contributed by atoms with Gasteiger partial charge in [-0.1, -0.05) is 198 Å². The van der Waals surface area contributed by atoms with E-state index in [0.29, 0.717) is 23.9 Å². The van der Waals surface area contributed by atoms with Crippen LogP contribution in [0, 0.1) is 0 Å². The van der Waals surface area contributed by atoms with Crippen molar-refractivity contribution in [2.24, 2.45) is 0 Å². The molecule has 10 heteroatoms. The van der Waals surface area contributed by atoms with Crippen molar-refractivity contribution in [3.8, 4) is 0 Å². The van der Waals surface area contributed by atoms with E-state index < -0.39 is 26.6 Å². The summed E-state index contributed by atoms with van der Waals surface area (Å²) >= 11 is 0. The van der Waals surface area contributed by atoms with Gasteiger partial charge < -0.3 is 28.5 Å². The second-order valence-electron chi connectivity index (χ2n) is 19.4. The summed E-state index contributed by atoms with van der Waals surface area (Å²) < 4.78 is 30.1. The molecule has 0 heterocycles. The highest BCUT2D eigenvalue weighted by Crippen LogP contribution is 2.38. The normalized spacial score (nSPS) is 14.3. The summed E-state index contributed by atoms with van der Waals surface area (Å²) in [6.45, 7) is 6.76. The average Bonchev–Trinajstić information content (AvgIpc) is 3.26. The first kappa shape index (κ1) is 63.0. The molecule has 0 bridgehead atoms. The fourth-order valence-electron chi connectivity index (χ4n) is 7.51. The summed E-state index contributed by atoms with van der Waals surface area (Å²) in [6.07, 6.45) is 53.8. The van der Waals surface area contributed by atoms with Crippen molar-refractivity contribution in [2.45, 2.75) is 251 Å². The van der Waals surface area contributed by atoms with Crippen LogP contribution in [0.15, 0.2) is 48.6 Å². The fourth-order valence-corrected chi connectivity index (χ4v) is 8.23. The Morgan fingerprint density at radius 2 is 0.954 bits per heavy atom. The van der Waals surface area contributed by atoms with Gasteiger partial charge in [0.05, 0.1) is 33.8 Å². The van der Waals surface area contributed by atoms with E-state index in [9.17, 15) is 19.0 Å². The second kappa shape index (κ2) is 45.7. The van der Waals surface area contributed by atoms with Gasteiger partial charge >= 0.3 is 5.97 Å². The van der Waals surface area contributed by atoms with Crippen molar-refractivity contribution in [2.75, 3.05) is 40.9 Å². The van der Waals surface area contributed by atoms with Gasteiger partial charge in [0, 0.05) is 12.8 Å². The molecule has 0 aliphatic rings. The number of hydrogen-bond donors (Lipinski definition) is 1. The number of unbranched alkanes of at least 4 members (excludes halogenated alkanes) is 26. The van der Waals surface area contributed by atoms with Crippen LogP contribution in [0.25, 0.3) is 0 Å². The molecule has 65 heavy (non-hydrogen) atoms. The third-order valence-electron chi connectivity index (χ3n) is 11.7. The van der Waals surface area contributed by atoms with E-state index in [1.54, 1.807) is 0 Å². The highest BCUT2D eigenvalue weighted by molar-refractivity contribution is 7.45. The Kier molecular flexibility index (Phi) is 44.3. The molecule has 3 unspecified atom stereocenters. The molecular weight excluding hydrogens is 832 g/mol. The maximum Gasteiger partial charge on any atom is 0.306 e. The summed E-state index contributed by atoms with van der Waals surface area (Å²) in [5.41, 5.74) is 0. The number of amides is 1. The molecule has 0 saturated heterocycles. The van der Waals surface area contributed by atoms with Crippen molar-refractivity contribution in [1.29, 1.82) is 0 Å². The van der Waals surface area contributed by atoms with Crippen LogP contribution in [0.4, 0.5) is 0 Å².